The average Bonchev–Trinajstić information content (AvgIpc) is 3.17. The third-order valence-corrected chi connectivity index (χ3v) is 4.54. The van der Waals surface area contributed by atoms with E-state index in [0.717, 1.165) is 12.1 Å². The van der Waals surface area contributed by atoms with Crippen LogP contribution < -0.4 is 10.1 Å². The van der Waals surface area contributed by atoms with Crippen LogP contribution in [0.3, 0.4) is 0 Å². The summed E-state index contributed by atoms with van der Waals surface area (Å²) in [6.07, 6.45) is 1.59. The topological polar surface area (TPSA) is 101 Å². The van der Waals surface area contributed by atoms with Gasteiger partial charge >= 0.3 is 0 Å². The minimum Gasteiger partial charge on any atom is -0.493 e. The first-order chi connectivity index (χ1) is 14.5. The number of ether oxygens (including phenoxy) is 1. The van der Waals surface area contributed by atoms with Crippen molar-refractivity contribution in [1.82, 2.24) is 9.97 Å². The van der Waals surface area contributed by atoms with Crippen LogP contribution in [0.2, 0.25) is 5.02 Å². The van der Waals surface area contributed by atoms with Crippen molar-refractivity contribution in [2.24, 2.45) is 0 Å². The summed E-state index contributed by atoms with van der Waals surface area (Å²) in [6.45, 7) is 0. The number of nitriles is 1. The number of pyridine rings is 1. The molecule has 2 aromatic carbocycles. The highest BCUT2D eigenvalue weighted by atomic mass is 35.5. The maximum Gasteiger partial charge on any atom is 0.257 e. The normalized spacial score (nSPS) is 10.6. The van der Waals surface area contributed by atoms with Gasteiger partial charge in [-0.1, -0.05) is 11.6 Å². The quantitative estimate of drug-likeness (QED) is 0.506. The first-order valence-electron chi connectivity index (χ1n) is 8.60. The largest absolute Gasteiger partial charge is 0.493 e. The van der Waals surface area contributed by atoms with Crippen LogP contribution in [0.25, 0.3) is 22.7 Å². The summed E-state index contributed by atoms with van der Waals surface area (Å²) in [5.74, 6) is -0.778. The second kappa shape index (κ2) is 7.81. The highest BCUT2D eigenvalue weighted by Crippen LogP contribution is 2.38. The van der Waals surface area contributed by atoms with E-state index < -0.39 is 11.7 Å². The van der Waals surface area contributed by atoms with Gasteiger partial charge in [0.25, 0.3) is 5.91 Å². The van der Waals surface area contributed by atoms with Gasteiger partial charge in [0.05, 0.1) is 28.9 Å². The number of halogens is 2. The Morgan fingerprint density at radius 1 is 1.30 bits per heavy atom. The molecule has 0 unspecified atom stereocenters. The fourth-order valence-electron chi connectivity index (χ4n) is 2.91. The molecule has 148 valence electrons. The van der Waals surface area contributed by atoms with Crippen molar-refractivity contribution in [2.45, 2.75) is 0 Å². The molecule has 0 fully saturated rings. The molecule has 1 N–H and O–H groups in total. The Balaban J connectivity index is 1.76. The van der Waals surface area contributed by atoms with E-state index in [-0.39, 0.29) is 33.5 Å². The zero-order chi connectivity index (χ0) is 21.3. The van der Waals surface area contributed by atoms with Gasteiger partial charge in [0.15, 0.2) is 17.0 Å². The van der Waals surface area contributed by atoms with E-state index in [2.05, 4.69) is 15.3 Å². The summed E-state index contributed by atoms with van der Waals surface area (Å²) < 4.78 is 24.4. The second-order valence-electron chi connectivity index (χ2n) is 6.14. The predicted molar refractivity (Wildman–Crippen MR) is 108 cm³/mol. The predicted octanol–water partition coefficient (Wildman–Crippen LogP) is 4.81. The van der Waals surface area contributed by atoms with Crippen LogP contribution in [0.5, 0.6) is 5.75 Å². The maximum atomic E-state index is 13.4. The molecule has 0 saturated carbocycles. The van der Waals surface area contributed by atoms with E-state index in [0.29, 0.717) is 16.8 Å². The number of carbonyl (C=O) groups is 1. The number of anilines is 1. The van der Waals surface area contributed by atoms with Crippen molar-refractivity contribution < 1.29 is 18.3 Å². The Kier molecular flexibility index (Phi) is 5.04. The zero-order valence-corrected chi connectivity index (χ0v) is 16.2. The lowest BCUT2D eigenvalue weighted by molar-refractivity contribution is 0.102. The number of fused-ring (bicyclic) bond motifs is 1. The maximum absolute atomic E-state index is 13.4. The first-order valence-corrected chi connectivity index (χ1v) is 8.98. The molecule has 0 aliphatic rings. The van der Waals surface area contributed by atoms with E-state index in [1.54, 1.807) is 36.5 Å². The van der Waals surface area contributed by atoms with Gasteiger partial charge in [-0.2, -0.15) is 10.2 Å². The van der Waals surface area contributed by atoms with Gasteiger partial charge in [-0.15, -0.1) is 0 Å². The fourth-order valence-corrected chi connectivity index (χ4v) is 3.20. The van der Waals surface area contributed by atoms with E-state index >= 15 is 0 Å². The molecule has 4 rings (SSSR count). The minimum atomic E-state index is -0.628. The minimum absolute atomic E-state index is 0.00791. The highest BCUT2D eigenvalue weighted by molar-refractivity contribution is 6.33. The van der Waals surface area contributed by atoms with Crippen molar-refractivity contribution in [3.8, 4) is 23.3 Å². The molecule has 0 radical (unpaired) electrons. The Morgan fingerprint density at radius 3 is 2.87 bits per heavy atom. The summed E-state index contributed by atoms with van der Waals surface area (Å²) in [6, 6.07) is 11.7. The zero-order valence-electron chi connectivity index (χ0n) is 15.4. The van der Waals surface area contributed by atoms with E-state index in [4.69, 9.17) is 20.8 Å². The fraction of sp³-hybridized carbons (Fsp3) is 0.0476. The number of oxazole rings is 1. The van der Waals surface area contributed by atoms with Gasteiger partial charge in [0.1, 0.15) is 11.9 Å². The van der Waals surface area contributed by atoms with Crippen molar-refractivity contribution in [3.05, 3.63) is 70.6 Å². The van der Waals surface area contributed by atoms with Crippen LogP contribution in [0.15, 0.2) is 53.1 Å². The molecule has 0 atom stereocenters. The lowest BCUT2D eigenvalue weighted by Gasteiger charge is -2.13. The van der Waals surface area contributed by atoms with Gasteiger partial charge in [-0.05, 0) is 42.5 Å². The van der Waals surface area contributed by atoms with E-state index in [1.165, 1.54) is 13.2 Å². The molecule has 0 bridgehead atoms. The van der Waals surface area contributed by atoms with Crippen molar-refractivity contribution in [3.63, 3.8) is 0 Å². The molecule has 4 aromatic rings. The Morgan fingerprint density at radius 2 is 2.13 bits per heavy atom. The monoisotopic (exact) mass is 422 g/mol. The van der Waals surface area contributed by atoms with E-state index in [1.807, 2.05) is 0 Å². The molecular weight excluding hydrogens is 411 g/mol. The van der Waals surface area contributed by atoms with Gasteiger partial charge in [-0.25, -0.2) is 9.37 Å². The number of carbonyl (C=O) groups excluding carboxylic acids is 1. The van der Waals surface area contributed by atoms with Gasteiger partial charge in [0.2, 0.25) is 5.89 Å². The van der Waals surface area contributed by atoms with Crippen molar-refractivity contribution >= 4 is 34.4 Å². The number of amides is 1. The number of hydrogen-bond acceptors (Lipinski definition) is 6. The molecule has 0 saturated heterocycles. The number of methoxy groups -OCH3 is 1. The molecule has 0 spiro atoms. The molecule has 9 heteroatoms. The average molecular weight is 423 g/mol. The Labute approximate surface area is 174 Å². The first kappa shape index (κ1) is 19.4. The molecule has 30 heavy (non-hydrogen) atoms. The van der Waals surface area contributed by atoms with Crippen LogP contribution in [-0.4, -0.2) is 23.0 Å². The SMILES string of the molecule is COc1c(Cl)cc(-c2nc3ncccc3o2)cc1NC(=O)c1ccc(F)cc1C#N. The number of aromatic nitrogens is 2. The Hall–Kier alpha value is -3.96. The van der Waals surface area contributed by atoms with Gasteiger partial charge in [-0.3, -0.25) is 4.79 Å². The summed E-state index contributed by atoms with van der Waals surface area (Å²) in [4.78, 5) is 21.2. The van der Waals surface area contributed by atoms with Crippen LogP contribution >= 0.6 is 11.6 Å². The molecule has 0 aliphatic carbocycles. The molecule has 2 aromatic heterocycles. The van der Waals surface area contributed by atoms with Gasteiger partial charge in [0, 0.05) is 11.8 Å². The lowest BCUT2D eigenvalue weighted by Crippen LogP contribution is -2.14. The number of nitrogens with one attached hydrogen (secondary N) is 1. The highest BCUT2D eigenvalue weighted by Gasteiger charge is 2.19. The molecular formula is C21H12ClFN4O3. The van der Waals surface area contributed by atoms with E-state index in [9.17, 15) is 14.4 Å². The van der Waals surface area contributed by atoms with Crippen LogP contribution in [0, 0.1) is 17.1 Å². The summed E-state index contributed by atoms with van der Waals surface area (Å²) in [5.41, 5.74) is 1.54. The number of rotatable bonds is 4. The summed E-state index contributed by atoms with van der Waals surface area (Å²) >= 11 is 6.33. The number of nitrogens with zero attached hydrogens (tertiary/aromatic N) is 3. The van der Waals surface area contributed by atoms with Crippen molar-refractivity contribution in [2.75, 3.05) is 12.4 Å². The van der Waals surface area contributed by atoms with Crippen LogP contribution in [0.1, 0.15) is 15.9 Å². The summed E-state index contributed by atoms with van der Waals surface area (Å²) in [7, 11) is 1.40. The number of benzene rings is 2. The van der Waals surface area contributed by atoms with Gasteiger partial charge < -0.3 is 14.5 Å². The smallest absolute Gasteiger partial charge is 0.257 e. The molecule has 2 heterocycles. The lowest BCUT2D eigenvalue weighted by atomic mass is 10.1. The van der Waals surface area contributed by atoms with Crippen molar-refractivity contribution in [1.29, 1.82) is 5.26 Å². The second-order valence-corrected chi connectivity index (χ2v) is 6.55. The third-order valence-electron chi connectivity index (χ3n) is 4.25. The summed E-state index contributed by atoms with van der Waals surface area (Å²) in [5, 5.41) is 12.1. The Bertz CT molecular complexity index is 1300. The molecule has 7 nitrogen and oxygen atoms in total. The molecule has 1 amide bonds. The standard InChI is InChI=1S/C21H12ClFN4O3/c1-29-18-15(22)8-11(21-27-19-17(30-21)3-2-6-25-19)9-16(18)26-20(28)14-5-4-13(23)7-12(14)10-24/h2-9H,1H3,(H,26,28). The van der Waals surface area contributed by atoms with Crippen LogP contribution in [0.4, 0.5) is 10.1 Å². The number of hydrogen-bond donors (Lipinski definition) is 1. The third kappa shape index (κ3) is 3.54. The molecule has 0 aliphatic heterocycles. The van der Waals surface area contributed by atoms with Crippen LogP contribution in [-0.2, 0) is 0 Å².